The largest absolute Gasteiger partial charge is 0.0877 e. The summed E-state index contributed by atoms with van der Waals surface area (Å²) in [6, 6.07) is 8.76. The maximum Gasteiger partial charge on any atom is -0.00259 e. The SMILES string of the molecule is C.C\C=C/C=C(\C=C/CC)Cc1ccc(C)cc1. The molecule has 0 saturated heterocycles. The number of hydrogen-bond acceptors (Lipinski definition) is 0. The molecule has 0 nitrogen and oxygen atoms in total. The van der Waals surface area contributed by atoms with Gasteiger partial charge in [0.15, 0.2) is 0 Å². The van der Waals surface area contributed by atoms with E-state index in [2.05, 4.69) is 68.5 Å². The van der Waals surface area contributed by atoms with Crippen molar-refractivity contribution in [1.82, 2.24) is 0 Å². The summed E-state index contributed by atoms with van der Waals surface area (Å²) >= 11 is 0. The van der Waals surface area contributed by atoms with Crippen LogP contribution in [0.2, 0.25) is 0 Å². The third kappa shape index (κ3) is 6.24. The first-order valence-electron chi connectivity index (χ1n) is 6.30. The van der Waals surface area contributed by atoms with E-state index in [0.29, 0.717) is 0 Å². The number of allylic oxidation sites excluding steroid dienone is 6. The van der Waals surface area contributed by atoms with Gasteiger partial charge in [-0.25, -0.2) is 0 Å². The highest BCUT2D eigenvalue weighted by Gasteiger charge is 1.95. The first-order chi connectivity index (χ1) is 8.26. The fourth-order valence-corrected chi connectivity index (χ4v) is 1.60. The van der Waals surface area contributed by atoms with Gasteiger partial charge in [0.25, 0.3) is 0 Å². The first-order valence-corrected chi connectivity index (χ1v) is 6.30. The van der Waals surface area contributed by atoms with E-state index in [9.17, 15) is 0 Å². The summed E-state index contributed by atoms with van der Waals surface area (Å²) in [5, 5.41) is 0. The molecule has 1 aromatic carbocycles. The minimum atomic E-state index is 0. The van der Waals surface area contributed by atoms with E-state index < -0.39 is 0 Å². The van der Waals surface area contributed by atoms with Gasteiger partial charge in [-0.1, -0.05) is 74.6 Å². The summed E-state index contributed by atoms with van der Waals surface area (Å²) in [6.07, 6.45) is 12.9. The summed E-state index contributed by atoms with van der Waals surface area (Å²) in [5.74, 6) is 0. The number of benzene rings is 1. The predicted octanol–water partition coefficient (Wildman–Crippen LogP) is 5.64. The lowest BCUT2D eigenvalue weighted by molar-refractivity contribution is 1.16. The lowest BCUT2D eigenvalue weighted by Gasteiger charge is -2.03. The summed E-state index contributed by atoms with van der Waals surface area (Å²) < 4.78 is 0. The Kier molecular flexibility index (Phi) is 8.65. The van der Waals surface area contributed by atoms with Crippen LogP contribution in [0, 0.1) is 6.92 Å². The molecule has 0 aliphatic heterocycles. The molecule has 0 aromatic heterocycles. The summed E-state index contributed by atoms with van der Waals surface area (Å²) in [5.41, 5.74) is 4.04. The van der Waals surface area contributed by atoms with Crippen LogP contribution in [0.15, 0.2) is 60.2 Å². The van der Waals surface area contributed by atoms with Gasteiger partial charge in [0.05, 0.1) is 0 Å². The van der Waals surface area contributed by atoms with Crippen molar-refractivity contribution < 1.29 is 0 Å². The van der Waals surface area contributed by atoms with E-state index in [-0.39, 0.29) is 7.43 Å². The van der Waals surface area contributed by atoms with Crippen LogP contribution in [-0.4, -0.2) is 0 Å². The Bertz CT molecular complexity index is 402. The molecule has 1 aromatic rings. The Labute approximate surface area is 113 Å². The summed E-state index contributed by atoms with van der Waals surface area (Å²) in [6.45, 7) is 6.33. The molecule has 0 N–H and O–H groups in total. The molecule has 1 rings (SSSR count). The minimum absolute atomic E-state index is 0. The Hall–Kier alpha value is -1.56. The van der Waals surface area contributed by atoms with Gasteiger partial charge in [-0.2, -0.15) is 0 Å². The van der Waals surface area contributed by atoms with Gasteiger partial charge >= 0.3 is 0 Å². The van der Waals surface area contributed by atoms with Crippen molar-refractivity contribution in [3.8, 4) is 0 Å². The molecule has 18 heavy (non-hydrogen) atoms. The standard InChI is InChI=1S/C17H22.CH4/c1-4-6-8-16(9-7-5-2)14-17-12-10-15(3)11-13-17;/h4,6-13H,5,14H2,1-3H3;1H4/b6-4-,9-7-,16-8+;. The maximum atomic E-state index is 2.22. The van der Waals surface area contributed by atoms with Crippen LogP contribution >= 0.6 is 0 Å². The Morgan fingerprint density at radius 1 is 1.17 bits per heavy atom. The third-order valence-corrected chi connectivity index (χ3v) is 2.60. The second-order valence-electron chi connectivity index (χ2n) is 4.24. The van der Waals surface area contributed by atoms with Crippen LogP contribution < -0.4 is 0 Å². The lowest BCUT2D eigenvalue weighted by Crippen LogP contribution is -1.88. The van der Waals surface area contributed by atoms with Crippen molar-refractivity contribution in [1.29, 1.82) is 0 Å². The summed E-state index contributed by atoms with van der Waals surface area (Å²) in [4.78, 5) is 0. The zero-order valence-electron chi connectivity index (χ0n) is 11.1. The van der Waals surface area contributed by atoms with Crippen molar-refractivity contribution in [2.75, 3.05) is 0 Å². The number of hydrogen-bond donors (Lipinski definition) is 0. The molecule has 0 aliphatic carbocycles. The van der Waals surface area contributed by atoms with Gasteiger partial charge in [-0.05, 0) is 37.8 Å². The van der Waals surface area contributed by atoms with Crippen molar-refractivity contribution in [2.45, 2.75) is 41.0 Å². The van der Waals surface area contributed by atoms with Gasteiger partial charge in [0, 0.05) is 0 Å². The highest BCUT2D eigenvalue weighted by molar-refractivity contribution is 5.32. The second kappa shape index (κ2) is 9.47. The summed E-state index contributed by atoms with van der Waals surface area (Å²) in [7, 11) is 0. The van der Waals surface area contributed by atoms with Crippen molar-refractivity contribution in [3.05, 3.63) is 71.3 Å². The van der Waals surface area contributed by atoms with Crippen LogP contribution in [-0.2, 0) is 6.42 Å². The fourth-order valence-electron chi connectivity index (χ4n) is 1.60. The second-order valence-corrected chi connectivity index (χ2v) is 4.24. The minimum Gasteiger partial charge on any atom is -0.0877 e. The zero-order chi connectivity index (χ0) is 12.5. The molecule has 0 radical (unpaired) electrons. The van der Waals surface area contributed by atoms with E-state index in [4.69, 9.17) is 0 Å². The Balaban J connectivity index is 0.00000289. The van der Waals surface area contributed by atoms with Gasteiger partial charge in [-0.15, -0.1) is 0 Å². The van der Waals surface area contributed by atoms with E-state index >= 15 is 0 Å². The highest BCUT2D eigenvalue weighted by atomic mass is 14.0. The van der Waals surface area contributed by atoms with Crippen LogP contribution in [0.4, 0.5) is 0 Å². The molecule has 0 heterocycles. The molecule has 0 fully saturated rings. The molecule has 98 valence electrons. The normalized spacial score (nSPS) is 12.1. The Morgan fingerprint density at radius 3 is 2.39 bits per heavy atom. The lowest BCUT2D eigenvalue weighted by atomic mass is 10.0. The highest BCUT2D eigenvalue weighted by Crippen LogP contribution is 2.11. The van der Waals surface area contributed by atoms with Crippen LogP contribution in [0.5, 0.6) is 0 Å². The van der Waals surface area contributed by atoms with E-state index in [1.807, 2.05) is 6.92 Å². The molecular formula is C18H26. The smallest absolute Gasteiger partial charge is 0.00259 e. The number of rotatable bonds is 5. The van der Waals surface area contributed by atoms with Gasteiger partial charge in [0.1, 0.15) is 0 Å². The van der Waals surface area contributed by atoms with Gasteiger partial charge in [0.2, 0.25) is 0 Å². The van der Waals surface area contributed by atoms with Gasteiger partial charge in [-0.3, -0.25) is 0 Å². The van der Waals surface area contributed by atoms with Crippen LogP contribution in [0.1, 0.15) is 38.8 Å². The van der Waals surface area contributed by atoms with Crippen LogP contribution in [0.25, 0.3) is 0 Å². The van der Waals surface area contributed by atoms with Crippen LogP contribution in [0.3, 0.4) is 0 Å². The molecule has 0 heteroatoms. The molecular weight excluding hydrogens is 216 g/mol. The first kappa shape index (κ1) is 16.4. The topological polar surface area (TPSA) is 0 Å². The molecule has 0 aliphatic rings. The molecule has 0 bridgehead atoms. The predicted molar refractivity (Wildman–Crippen MR) is 83.9 cm³/mol. The number of aryl methyl sites for hydroxylation is 1. The maximum absolute atomic E-state index is 2.22. The quantitative estimate of drug-likeness (QED) is 0.586. The average Bonchev–Trinajstić information content (AvgIpc) is 2.35. The average molecular weight is 242 g/mol. The monoisotopic (exact) mass is 242 g/mol. The zero-order valence-corrected chi connectivity index (χ0v) is 11.1. The molecule has 0 spiro atoms. The van der Waals surface area contributed by atoms with Crippen molar-refractivity contribution in [2.24, 2.45) is 0 Å². The van der Waals surface area contributed by atoms with E-state index in [1.54, 1.807) is 0 Å². The molecule has 0 atom stereocenters. The van der Waals surface area contributed by atoms with Gasteiger partial charge < -0.3 is 0 Å². The third-order valence-electron chi connectivity index (χ3n) is 2.60. The van der Waals surface area contributed by atoms with E-state index in [1.165, 1.54) is 16.7 Å². The fraction of sp³-hybridized carbons (Fsp3) is 0.333. The molecule has 0 saturated carbocycles. The molecule has 0 unspecified atom stereocenters. The van der Waals surface area contributed by atoms with Crippen molar-refractivity contribution in [3.63, 3.8) is 0 Å². The van der Waals surface area contributed by atoms with Crippen molar-refractivity contribution >= 4 is 0 Å². The Morgan fingerprint density at radius 2 is 1.83 bits per heavy atom. The molecule has 0 amide bonds. The van der Waals surface area contributed by atoms with E-state index in [0.717, 1.165) is 12.8 Å².